The topological polar surface area (TPSA) is 21.3 Å². The van der Waals surface area contributed by atoms with Crippen molar-refractivity contribution in [2.24, 2.45) is 0 Å². The van der Waals surface area contributed by atoms with Crippen molar-refractivity contribution in [2.75, 3.05) is 18.5 Å². The van der Waals surface area contributed by atoms with Crippen LogP contribution in [0, 0.1) is 6.92 Å². The number of halogens is 2. The molecule has 0 bridgehead atoms. The zero-order chi connectivity index (χ0) is 13.7. The highest BCUT2D eigenvalue weighted by molar-refractivity contribution is 9.10. The maximum Gasteiger partial charge on any atom is 0.122 e. The molecule has 0 aliphatic rings. The number of anilines is 1. The molecule has 100 valence electrons. The van der Waals surface area contributed by atoms with E-state index in [4.69, 9.17) is 16.3 Å². The molecule has 2 aromatic rings. The molecule has 0 unspecified atom stereocenters. The second-order valence-electron chi connectivity index (χ2n) is 4.19. The lowest BCUT2D eigenvalue weighted by atomic mass is 10.2. The third kappa shape index (κ3) is 4.44. The fraction of sp³-hybridized carbons (Fsp3) is 0.200. The number of nitrogens with one attached hydrogen (secondary N) is 1. The lowest BCUT2D eigenvalue weighted by molar-refractivity contribution is 0.330. The first-order valence-corrected chi connectivity index (χ1v) is 7.20. The molecule has 0 heterocycles. The molecular formula is C15H15BrClNO. The van der Waals surface area contributed by atoms with Crippen molar-refractivity contribution < 1.29 is 4.74 Å². The van der Waals surface area contributed by atoms with Crippen LogP contribution in [0.3, 0.4) is 0 Å². The molecule has 0 spiro atoms. The second kappa shape index (κ2) is 6.83. The molecule has 0 radical (unpaired) electrons. The normalized spacial score (nSPS) is 10.3. The molecule has 0 fully saturated rings. The minimum atomic E-state index is 0.610. The van der Waals surface area contributed by atoms with Gasteiger partial charge in [0.15, 0.2) is 0 Å². The molecular weight excluding hydrogens is 326 g/mol. The number of rotatable bonds is 5. The Morgan fingerprint density at radius 2 is 1.89 bits per heavy atom. The standard InChI is InChI=1S/C15H15BrClNO/c1-11-10-13(17)4-7-15(11)19-9-8-18-14-5-2-12(16)3-6-14/h2-7,10,18H,8-9H2,1H3. The van der Waals surface area contributed by atoms with Crippen LogP contribution in [0.2, 0.25) is 5.02 Å². The van der Waals surface area contributed by atoms with E-state index in [-0.39, 0.29) is 0 Å². The third-order valence-electron chi connectivity index (χ3n) is 2.67. The Hall–Kier alpha value is -1.19. The smallest absolute Gasteiger partial charge is 0.122 e. The molecule has 19 heavy (non-hydrogen) atoms. The van der Waals surface area contributed by atoms with E-state index < -0.39 is 0 Å². The molecule has 0 saturated carbocycles. The fourth-order valence-electron chi connectivity index (χ4n) is 1.70. The van der Waals surface area contributed by atoms with Gasteiger partial charge in [-0.3, -0.25) is 0 Å². The first-order valence-electron chi connectivity index (χ1n) is 6.03. The molecule has 2 nitrogen and oxygen atoms in total. The SMILES string of the molecule is Cc1cc(Cl)ccc1OCCNc1ccc(Br)cc1. The zero-order valence-corrected chi connectivity index (χ0v) is 13.0. The van der Waals surface area contributed by atoms with Crippen molar-refractivity contribution in [3.8, 4) is 5.75 Å². The van der Waals surface area contributed by atoms with E-state index in [0.29, 0.717) is 6.61 Å². The minimum absolute atomic E-state index is 0.610. The van der Waals surface area contributed by atoms with Gasteiger partial charge >= 0.3 is 0 Å². The maximum absolute atomic E-state index is 5.90. The van der Waals surface area contributed by atoms with E-state index in [1.807, 2.05) is 49.4 Å². The first kappa shape index (κ1) is 14.2. The van der Waals surface area contributed by atoms with E-state index in [0.717, 1.165) is 33.0 Å². The van der Waals surface area contributed by atoms with Gasteiger partial charge in [-0.1, -0.05) is 27.5 Å². The van der Waals surface area contributed by atoms with Gasteiger partial charge in [0.25, 0.3) is 0 Å². The molecule has 0 saturated heterocycles. The number of hydrogen-bond acceptors (Lipinski definition) is 2. The molecule has 0 aromatic heterocycles. The van der Waals surface area contributed by atoms with E-state index in [1.165, 1.54) is 0 Å². The van der Waals surface area contributed by atoms with E-state index in [9.17, 15) is 0 Å². The van der Waals surface area contributed by atoms with Gasteiger partial charge in [0.05, 0.1) is 0 Å². The number of ether oxygens (including phenoxy) is 1. The van der Waals surface area contributed by atoms with Gasteiger partial charge in [-0.25, -0.2) is 0 Å². The van der Waals surface area contributed by atoms with Crippen LogP contribution in [-0.2, 0) is 0 Å². The molecule has 4 heteroatoms. The third-order valence-corrected chi connectivity index (χ3v) is 3.43. The fourth-order valence-corrected chi connectivity index (χ4v) is 2.19. The van der Waals surface area contributed by atoms with Gasteiger partial charge in [0, 0.05) is 21.7 Å². The van der Waals surface area contributed by atoms with Crippen LogP contribution >= 0.6 is 27.5 Å². The van der Waals surface area contributed by atoms with Gasteiger partial charge in [-0.2, -0.15) is 0 Å². The Bertz CT molecular complexity index is 542. The largest absolute Gasteiger partial charge is 0.491 e. The van der Waals surface area contributed by atoms with Gasteiger partial charge in [0.1, 0.15) is 12.4 Å². The average molecular weight is 341 g/mol. The monoisotopic (exact) mass is 339 g/mol. The molecule has 0 atom stereocenters. The first-order chi connectivity index (χ1) is 9.15. The minimum Gasteiger partial charge on any atom is -0.491 e. The van der Waals surface area contributed by atoms with Crippen LogP contribution < -0.4 is 10.1 Å². The predicted octanol–water partition coefficient (Wildman–Crippen LogP) is 4.90. The zero-order valence-electron chi connectivity index (χ0n) is 10.6. The van der Waals surface area contributed by atoms with Gasteiger partial charge < -0.3 is 10.1 Å². The molecule has 1 N–H and O–H groups in total. The molecule has 0 aliphatic carbocycles. The van der Waals surface area contributed by atoms with Crippen molar-refractivity contribution in [2.45, 2.75) is 6.92 Å². The van der Waals surface area contributed by atoms with Crippen molar-refractivity contribution in [1.82, 2.24) is 0 Å². The summed E-state index contributed by atoms with van der Waals surface area (Å²) in [5, 5.41) is 4.04. The highest BCUT2D eigenvalue weighted by Gasteiger charge is 2.00. The molecule has 0 amide bonds. The summed E-state index contributed by atoms with van der Waals surface area (Å²) in [6, 6.07) is 13.7. The summed E-state index contributed by atoms with van der Waals surface area (Å²) in [6.07, 6.45) is 0. The van der Waals surface area contributed by atoms with E-state index >= 15 is 0 Å². The van der Waals surface area contributed by atoms with E-state index in [1.54, 1.807) is 0 Å². The average Bonchev–Trinajstić information content (AvgIpc) is 2.39. The number of aryl methyl sites for hydroxylation is 1. The summed E-state index contributed by atoms with van der Waals surface area (Å²) < 4.78 is 6.78. The Balaban J connectivity index is 1.79. The van der Waals surface area contributed by atoms with Crippen LogP contribution in [-0.4, -0.2) is 13.2 Å². The van der Waals surface area contributed by atoms with Crippen molar-refractivity contribution in [3.05, 3.63) is 57.5 Å². The van der Waals surface area contributed by atoms with E-state index in [2.05, 4.69) is 21.2 Å². The summed E-state index contributed by atoms with van der Waals surface area (Å²) in [6.45, 7) is 3.35. The summed E-state index contributed by atoms with van der Waals surface area (Å²) in [5.74, 6) is 0.877. The highest BCUT2D eigenvalue weighted by atomic mass is 79.9. The molecule has 0 aliphatic heterocycles. The lowest BCUT2D eigenvalue weighted by Crippen LogP contribution is -2.11. The van der Waals surface area contributed by atoms with Crippen LogP contribution in [0.5, 0.6) is 5.75 Å². The second-order valence-corrected chi connectivity index (χ2v) is 5.54. The Labute approximate surface area is 126 Å². The van der Waals surface area contributed by atoms with Gasteiger partial charge in [0.2, 0.25) is 0 Å². The molecule has 2 aromatic carbocycles. The van der Waals surface area contributed by atoms with Crippen LogP contribution in [0.4, 0.5) is 5.69 Å². The number of benzene rings is 2. The summed E-state index contributed by atoms with van der Waals surface area (Å²) >= 11 is 9.31. The summed E-state index contributed by atoms with van der Waals surface area (Å²) in [5.41, 5.74) is 2.13. The Morgan fingerprint density at radius 3 is 2.58 bits per heavy atom. The maximum atomic E-state index is 5.90. The Kier molecular flexibility index (Phi) is 5.11. The van der Waals surface area contributed by atoms with Gasteiger partial charge in [-0.05, 0) is 55.0 Å². The number of hydrogen-bond donors (Lipinski definition) is 1. The highest BCUT2D eigenvalue weighted by Crippen LogP contribution is 2.21. The predicted molar refractivity (Wildman–Crippen MR) is 84.3 cm³/mol. The van der Waals surface area contributed by atoms with Crippen LogP contribution in [0.15, 0.2) is 46.9 Å². The lowest BCUT2D eigenvalue weighted by Gasteiger charge is -2.10. The van der Waals surface area contributed by atoms with Gasteiger partial charge in [-0.15, -0.1) is 0 Å². The van der Waals surface area contributed by atoms with Crippen LogP contribution in [0.1, 0.15) is 5.56 Å². The van der Waals surface area contributed by atoms with Crippen molar-refractivity contribution >= 4 is 33.2 Å². The van der Waals surface area contributed by atoms with Crippen LogP contribution in [0.25, 0.3) is 0 Å². The van der Waals surface area contributed by atoms with Crippen molar-refractivity contribution in [3.63, 3.8) is 0 Å². The quantitative estimate of drug-likeness (QED) is 0.782. The summed E-state index contributed by atoms with van der Waals surface area (Å²) in [4.78, 5) is 0. The van der Waals surface area contributed by atoms with Crippen molar-refractivity contribution in [1.29, 1.82) is 0 Å². The molecule has 2 rings (SSSR count). The Morgan fingerprint density at radius 1 is 1.16 bits per heavy atom. The summed E-state index contributed by atoms with van der Waals surface area (Å²) in [7, 11) is 0.